The molecule has 5 nitrogen and oxygen atoms in total. The summed E-state index contributed by atoms with van der Waals surface area (Å²) in [5.41, 5.74) is -0.259. The second-order valence-electron chi connectivity index (χ2n) is 6.08. The van der Waals surface area contributed by atoms with Crippen LogP contribution in [0.5, 0.6) is 0 Å². The zero-order valence-electron chi connectivity index (χ0n) is 11.6. The van der Waals surface area contributed by atoms with Crippen LogP contribution in [-0.2, 0) is 14.6 Å². The van der Waals surface area contributed by atoms with Gasteiger partial charge in [0.1, 0.15) is 0 Å². The van der Waals surface area contributed by atoms with Crippen molar-refractivity contribution in [2.75, 3.05) is 12.8 Å². The summed E-state index contributed by atoms with van der Waals surface area (Å²) in [6.07, 6.45) is 3.68. The molecule has 0 aromatic heterocycles. The summed E-state index contributed by atoms with van der Waals surface area (Å²) in [5, 5.41) is 5.57. The Kier molecular flexibility index (Phi) is 4.78. The minimum absolute atomic E-state index is 0.0919. The summed E-state index contributed by atoms with van der Waals surface area (Å²) < 4.78 is 23.2. The topological polar surface area (TPSA) is 75.3 Å². The summed E-state index contributed by atoms with van der Waals surface area (Å²) in [6, 6.07) is -0.0919. The highest BCUT2D eigenvalue weighted by molar-refractivity contribution is 7.91. The molecule has 0 radical (unpaired) electrons. The Morgan fingerprint density at radius 3 is 2.39 bits per heavy atom. The number of hydrogen-bond acceptors (Lipinski definition) is 4. The predicted octanol–water partition coefficient (Wildman–Crippen LogP) is 0.456. The largest absolute Gasteiger partial charge is 0.350 e. The summed E-state index contributed by atoms with van der Waals surface area (Å²) >= 11 is 0. The van der Waals surface area contributed by atoms with Crippen molar-refractivity contribution in [3.63, 3.8) is 0 Å². The molecule has 6 heteroatoms. The van der Waals surface area contributed by atoms with Crippen molar-refractivity contribution >= 4 is 15.7 Å². The van der Waals surface area contributed by atoms with Gasteiger partial charge in [0, 0.05) is 17.8 Å². The van der Waals surface area contributed by atoms with E-state index in [-0.39, 0.29) is 29.3 Å². The van der Waals surface area contributed by atoms with E-state index in [1.807, 2.05) is 20.8 Å². The van der Waals surface area contributed by atoms with Crippen molar-refractivity contribution in [2.24, 2.45) is 0 Å². The number of hydrogen-bond donors (Lipinski definition) is 2. The molecule has 0 heterocycles. The number of carbonyl (C=O) groups is 1. The Bertz CT molecular complexity index is 398. The number of carbonyl (C=O) groups excluding carboxylic acids is 1. The molecular formula is C12H24N2O3S. The van der Waals surface area contributed by atoms with Gasteiger partial charge in [-0.1, -0.05) is 6.42 Å². The minimum Gasteiger partial charge on any atom is -0.350 e. The first kappa shape index (κ1) is 15.4. The van der Waals surface area contributed by atoms with E-state index in [0.29, 0.717) is 6.42 Å². The van der Waals surface area contributed by atoms with E-state index in [0.717, 1.165) is 12.8 Å². The van der Waals surface area contributed by atoms with Gasteiger partial charge < -0.3 is 10.6 Å². The first-order valence-electron chi connectivity index (χ1n) is 6.33. The van der Waals surface area contributed by atoms with Gasteiger partial charge in [0.25, 0.3) is 0 Å². The third kappa shape index (κ3) is 4.94. The molecule has 0 spiro atoms. The molecule has 2 N–H and O–H groups in total. The Balaban J connectivity index is 2.46. The van der Waals surface area contributed by atoms with Crippen LogP contribution in [0.15, 0.2) is 0 Å². The molecule has 0 aromatic carbocycles. The fraction of sp³-hybridized carbons (Fsp3) is 0.917. The second-order valence-corrected chi connectivity index (χ2v) is 8.35. The summed E-state index contributed by atoms with van der Waals surface area (Å²) in [4.78, 5) is 11.6. The van der Waals surface area contributed by atoms with Crippen molar-refractivity contribution < 1.29 is 13.2 Å². The van der Waals surface area contributed by atoms with Crippen molar-refractivity contribution in [1.82, 2.24) is 10.6 Å². The second kappa shape index (κ2) is 5.57. The number of rotatable bonds is 4. The van der Waals surface area contributed by atoms with Crippen LogP contribution in [-0.4, -0.2) is 44.0 Å². The van der Waals surface area contributed by atoms with Gasteiger partial charge in [-0.15, -0.1) is 0 Å². The molecule has 0 saturated heterocycles. The maximum absolute atomic E-state index is 11.6. The van der Waals surface area contributed by atoms with Gasteiger partial charge >= 0.3 is 0 Å². The minimum atomic E-state index is -3.03. The van der Waals surface area contributed by atoms with Crippen molar-refractivity contribution in [3.8, 4) is 0 Å². The van der Waals surface area contributed by atoms with Crippen molar-refractivity contribution in [2.45, 2.75) is 56.9 Å². The van der Waals surface area contributed by atoms with Gasteiger partial charge in [0.15, 0.2) is 9.84 Å². The fourth-order valence-corrected chi connectivity index (χ4v) is 3.78. The molecule has 1 aliphatic rings. The highest BCUT2D eigenvalue weighted by Gasteiger charge is 2.34. The lowest BCUT2D eigenvalue weighted by molar-refractivity contribution is -0.121. The lowest BCUT2D eigenvalue weighted by Crippen LogP contribution is -2.48. The predicted molar refractivity (Wildman–Crippen MR) is 72.2 cm³/mol. The van der Waals surface area contributed by atoms with E-state index in [9.17, 15) is 13.2 Å². The van der Waals surface area contributed by atoms with Crippen LogP contribution in [0.1, 0.15) is 40.0 Å². The summed E-state index contributed by atoms with van der Waals surface area (Å²) in [6.45, 7) is 5.92. The molecule has 1 saturated carbocycles. The molecule has 1 amide bonds. The Hall–Kier alpha value is -0.620. The number of amides is 1. The van der Waals surface area contributed by atoms with Gasteiger partial charge in [0.05, 0.1) is 11.8 Å². The van der Waals surface area contributed by atoms with E-state index in [4.69, 9.17) is 0 Å². The van der Waals surface area contributed by atoms with Crippen molar-refractivity contribution in [3.05, 3.63) is 0 Å². The third-order valence-electron chi connectivity index (χ3n) is 3.04. The molecule has 18 heavy (non-hydrogen) atoms. The van der Waals surface area contributed by atoms with E-state index >= 15 is 0 Å². The quantitative estimate of drug-likeness (QED) is 0.782. The van der Waals surface area contributed by atoms with Gasteiger partial charge in [-0.2, -0.15) is 0 Å². The first-order chi connectivity index (χ1) is 8.09. The number of nitrogens with one attached hydrogen (secondary N) is 2. The third-order valence-corrected chi connectivity index (χ3v) is 4.71. The lowest BCUT2D eigenvalue weighted by atomic mass is 10.1. The molecule has 0 aromatic rings. The van der Waals surface area contributed by atoms with E-state index in [1.54, 1.807) is 0 Å². The number of sulfone groups is 1. The Labute approximate surface area is 110 Å². The molecule has 2 atom stereocenters. The van der Waals surface area contributed by atoms with E-state index in [2.05, 4.69) is 10.6 Å². The molecule has 106 valence electrons. The summed E-state index contributed by atoms with van der Waals surface area (Å²) in [7, 11) is -3.03. The summed E-state index contributed by atoms with van der Waals surface area (Å²) in [5.74, 6) is -0.0957. The van der Waals surface area contributed by atoms with Crippen molar-refractivity contribution in [1.29, 1.82) is 0 Å². The highest BCUT2D eigenvalue weighted by Crippen LogP contribution is 2.24. The van der Waals surface area contributed by atoms with Crippen LogP contribution in [0.2, 0.25) is 0 Å². The molecule has 1 aliphatic carbocycles. The standard InChI is InChI=1S/C12H24N2O3S/c1-12(2,3)14-11(15)8-13-9-6-5-7-10(9)18(4,16)17/h9-10,13H,5-8H2,1-4H3,(H,14,15). The van der Waals surface area contributed by atoms with Crippen LogP contribution in [0.3, 0.4) is 0 Å². The fourth-order valence-electron chi connectivity index (χ4n) is 2.36. The van der Waals surface area contributed by atoms with Gasteiger partial charge in [-0.25, -0.2) is 8.42 Å². The molecule has 2 unspecified atom stereocenters. The van der Waals surface area contributed by atoms with Crippen LogP contribution in [0.25, 0.3) is 0 Å². The maximum Gasteiger partial charge on any atom is 0.234 e. The average Bonchev–Trinajstić information content (AvgIpc) is 2.58. The SMILES string of the molecule is CC(C)(C)NC(=O)CNC1CCCC1S(C)(=O)=O. The average molecular weight is 276 g/mol. The van der Waals surface area contributed by atoms with E-state index in [1.165, 1.54) is 6.26 Å². The normalized spacial score (nSPS) is 25.1. The van der Waals surface area contributed by atoms with Gasteiger partial charge in [0.2, 0.25) is 5.91 Å². The zero-order valence-corrected chi connectivity index (χ0v) is 12.4. The monoisotopic (exact) mass is 276 g/mol. The Morgan fingerprint density at radius 2 is 1.89 bits per heavy atom. The first-order valence-corrected chi connectivity index (χ1v) is 8.28. The molecule has 1 rings (SSSR count). The molecule has 0 bridgehead atoms. The lowest BCUT2D eigenvalue weighted by Gasteiger charge is -2.23. The van der Waals surface area contributed by atoms with Crippen LogP contribution in [0.4, 0.5) is 0 Å². The van der Waals surface area contributed by atoms with Crippen LogP contribution in [0, 0.1) is 0 Å². The maximum atomic E-state index is 11.6. The van der Waals surface area contributed by atoms with Gasteiger partial charge in [-0.3, -0.25) is 4.79 Å². The molecule has 1 fully saturated rings. The zero-order chi connectivity index (χ0) is 14.0. The van der Waals surface area contributed by atoms with Crippen LogP contribution >= 0.6 is 0 Å². The molecule has 0 aliphatic heterocycles. The molecular weight excluding hydrogens is 252 g/mol. The van der Waals surface area contributed by atoms with Crippen LogP contribution < -0.4 is 10.6 Å². The van der Waals surface area contributed by atoms with Gasteiger partial charge in [-0.05, 0) is 33.6 Å². The smallest absolute Gasteiger partial charge is 0.234 e. The Morgan fingerprint density at radius 1 is 1.28 bits per heavy atom. The highest BCUT2D eigenvalue weighted by atomic mass is 32.2. The van der Waals surface area contributed by atoms with E-state index < -0.39 is 9.84 Å².